The number of halogens is 3. The number of nitrogens with zero attached hydrogens (tertiary/aromatic N) is 2. The molecule has 1 aromatic heterocycles. The van der Waals surface area contributed by atoms with Gasteiger partial charge in [0.1, 0.15) is 12.2 Å². The average molecular weight is 287 g/mol. The van der Waals surface area contributed by atoms with Gasteiger partial charge in [0, 0.05) is 12.1 Å². The third-order valence-electron chi connectivity index (χ3n) is 2.47. The minimum absolute atomic E-state index is 0.0691. The lowest BCUT2D eigenvalue weighted by Gasteiger charge is -2.23. The highest BCUT2D eigenvalue weighted by molar-refractivity contribution is 5.36. The summed E-state index contributed by atoms with van der Waals surface area (Å²) >= 11 is 0. The van der Waals surface area contributed by atoms with Crippen molar-refractivity contribution >= 4 is 0 Å². The van der Waals surface area contributed by atoms with Crippen LogP contribution in [0.25, 0.3) is 0 Å². The van der Waals surface area contributed by atoms with E-state index in [-0.39, 0.29) is 17.8 Å². The fraction of sp³-hybridized carbons (Fsp3) is 0.538. The molecule has 1 atom stereocenters. The lowest BCUT2D eigenvalue weighted by atomic mass is 10.1. The highest BCUT2D eigenvalue weighted by Crippen LogP contribution is 2.31. The molecule has 1 rings (SSSR count). The van der Waals surface area contributed by atoms with Crippen LogP contribution in [0.2, 0.25) is 0 Å². The standard InChI is InChI=1S/C13H16F3N3O/c1-12(2,3)18-7-10(20)9-5-4-8(6-17)11(19-9)13(14,15)16/h4-5,10,18,20H,7H2,1-3H3/t10-/m1/s1. The van der Waals surface area contributed by atoms with Crippen LogP contribution in [0.3, 0.4) is 0 Å². The van der Waals surface area contributed by atoms with Gasteiger partial charge in [0.15, 0.2) is 5.69 Å². The van der Waals surface area contributed by atoms with Crippen molar-refractivity contribution in [1.29, 1.82) is 5.26 Å². The summed E-state index contributed by atoms with van der Waals surface area (Å²) < 4.78 is 38.2. The Kier molecular flexibility index (Phi) is 4.73. The van der Waals surface area contributed by atoms with Crippen LogP contribution in [-0.2, 0) is 6.18 Å². The predicted molar refractivity (Wildman–Crippen MR) is 66.7 cm³/mol. The molecule has 0 aliphatic heterocycles. The molecule has 0 fully saturated rings. The molecule has 1 aromatic rings. The summed E-state index contributed by atoms with van der Waals surface area (Å²) in [5.41, 5.74) is -2.22. The second-order valence-electron chi connectivity index (χ2n) is 5.39. The Morgan fingerprint density at radius 3 is 2.40 bits per heavy atom. The number of pyridine rings is 1. The zero-order chi connectivity index (χ0) is 15.6. The van der Waals surface area contributed by atoms with Gasteiger partial charge in [-0.25, -0.2) is 4.98 Å². The fourth-order valence-corrected chi connectivity index (χ4v) is 1.47. The molecule has 0 saturated heterocycles. The van der Waals surface area contributed by atoms with Gasteiger partial charge in [-0.1, -0.05) is 0 Å². The van der Waals surface area contributed by atoms with Crippen LogP contribution in [0.1, 0.15) is 43.8 Å². The lowest BCUT2D eigenvalue weighted by Crippen LogP contribution is -2.38. The topological polar surface area (TPSA) is 68.9 Å². The number of β-amino-alcohol motifs (C(OH)–C–C–N with tert-alkyl or cyclic N) is 1. The molecule has 0 unspecified atom stereocenters. The zero-order valence-corrected chi connectivity index (χ0v) is 11.4. The maximum absolute atomic E-state index is 12.7. The van der Waals surface area contributed by atoms with Crippen LogP contribution in [-0.4, -0.2) is 22.2 Å². The summed E-state index contributed by atoms with van der Waals surface area (Å²) in [7, 11) is 0. The van der Waals surface area contributed by atoms with Crippen molar-refractivity contribution in [1.82, 2.24) is 10.3 Å². The minimum atomic E-state index is -4.72. The molecule has 0 aliphatic rings. The Morgan fingerprint density at radius 1 is 1.35 bits per heavy atom. The van der Waals surface area contributed by atoms with E-state index >= 15 is 0 Å². The second-order valence-corrected chi connectivity index (χ2v) is 5.39. The van der Waals surface area contributed by atoms with Crippen LogP contribution in [0, 0.1) is 11.3 Å². The number of nitrogens with one attached hydrogen (secondary N) is 1. The number of aliphatic hydroxyl groups excluding tert-OH is 1. The van der Waals surface area contributed by atoms with E-state index in [9.17, 15) is 18.3 Å². The zero-order valence-electron chi connectivity index (χ0n) is 11.4. The van der Waals surface area contributed by atoms with E-state index in [0.717, 1.165) is 6.07 Å². The molecule has 0 spiro atoms. The van der Waals surface area contributed by atoms with Gasteiger partial charge in [0.05, 0.1) is 11.3 Å². The first-order valence-corrected chi connectivity index (χ1v) is 5.96. The summed E-state index contributed by atoms with van der Waals surface area (Å²) in [5.74, 6) is 0. The Hall–Kier alpha value is -1.65. The van der Waals surface area contributed by atoms with Gasteiger partial charge < -0.3 is 10.4 Å². The molecule has 0 amide bonds. The Morgan fingerprint density at radius 2 is 1.95 bits per heavy atom. The first-order chi connectivity index (χ1) is 9.04. The number of alkyl halides is 3. The molecular weight excluding hydrogens is 271 g/mol. The number of aromatic nitrogens is 1. The van der Waals surface area contributed by atoms with Gasteiger partial charge in [0.25, 0.3) is 0 Å². The normalized spacial score (nSPS) is 13.9. The number of rotatable bonds is 3. The molecule has 0 aliphatic carbocycles. The van der Waals surface area contributed by atoms with Crippen molar-refractivity contribution < 1.29 is 18.3 Å². The van der Waals surface area contributed by atoms with E-state index in [0.29, 0.717) is 0 Å². The smallest absolute Gasteiger partial charge is 0.385 e. The van der Waals surface area contributed by atoms with Crippen molar-refractivity contribution in [3.8, 4) is 6.07 Å². The quantitative estimate of drug-likeness (QED) is 0.895. The van der Waals surface area contributed by atoms with Gasteiger partial charge in [-0.05, 0) is 32.9 Å². The molecule has 7 heteroatoms. The molecule has 2 N–H and O–H groups in total. The van der Waals surface area contributed by atoms with Crippen LogP contribution >= 0.6 is 0 Å². The largest absolute Gasteiger partial charge is 0.434 e. The number of aliphatic hydroxyl groups is 1. The Labute approximate surface area is 115 Å². The van der Waals surface area contributed by atoms with Gasteiger partial charge in [-0.3, -0.25) is 0 Å². The van der Waals surface area contributed by atoms with E-state index in [1.165, 1.54) is 12.1 Å². The lowest BCUT2D eigenvalue weighted by molar-refractivity contribution is -0.141. The first kappa shape index (κ1) is 16.4. The second kappa shape index (κ2) is 5.77. The van der Waals surface area contributed by atoms with Crippen LogP contribution in [0.15, 0.2) is 12.1 Å². The molecule has 20 heavy (non-hydrogen) atoms. The van der Waals surface area contributed by atoms with Crippen molar-refractivity contribution in [3.05, 3.63) is 29.1 Å². The molecule has 0 aromatic carbocycles. The number of hydrogen-bond donors (Lipinski definition) is 2. The van der Waals surface area contributed by atoms with Gasteiger partial charge >= 0.3 is 6.18 Å². The first-order valence-electron chi connectivity index (χ1n) is 5.96. The fourth-order valence-electron chi connectivity index (χ4n) is 1.47. The molecular formula is C13H16F3N3O. The van der Waals surface area contributed by atoms with E-state index in [1.807, 2.05) is 20.8 Å². The van der Waals surface area contributed by atoms with E-state index in [1.54, 1.807) is 0 Å². The summed E-state index contributed by atoms with van der Waals surface area (Å²) in [6.07, 6.45) is -5.90. The van der Waals surface area contributed by atoms with Gasteiger partial charge in [-0.15, -0.1) is 0 Å². The Balaban J connectivity index is 3.01. The molecule has 1 heterocycles. The third-order valence-corrected chi connectivity index (χ3v) is 2.47. The SMILES string of the molecule is CC(C)(C)NC[C@@H](O)c1ccc(C#N)c(C(F)(F)F)n1. The molecule has 0 radical (unpaired) electrons. The average Bonchev–Trinajstić information content (AvgIpc) is 2.33. The van der Waals surface area contributed by atoms with Gasteiger partial charge in [-0.2, -0.15) is 18.4 Å². The van der Waals surface area contributed by atoms with Crippen molar-refractivity contribution in [2.75, 3.05) is 6.54 Å². The van der Waals surface area contributed by atoms with Gasteiger partial charge in [0.2, 0.25) is 0 Å². The van der Waals surface area contributed by atoms with Crippen molar-refractivity contribution in [2.24, 2.45) is 0 Å². The highest BCUT2D eigenvalue weighted by Gasteiger charge is 2.36. The maximum atomic E-state index is 12.7. The summed E-state index contributed by atoms with van der Waals surface area (Å²) in [6, 6.07) is 3.69. The molecule has 110 valence electrons. The summed E-state index contributed by atoms with van der Waals surface area (Å²) in [5, 5.41) is 21.5. The molecule has 4 nitrogen and oxygen atoms in total. The Bertz CT molecular complexity index is 515. The number of nitriles is 1. The predicted octanol–water partition coefficient (Wildman–Crippen LogP) is 2.39. The van der Waals surface area contributed by atoms with Crippen LogP contribution in [0.5, 0.6) is 0 Å². The molecule has 0 bridgehead atoms. The van der Waals surface area contributed by atoms with E-state index in [4.69, 9.17) is 5.26 Å². The summed E-state index contributed by atoms with van der Waals surface area (Å²) in [6.45, 7) is 5.67. The van der Waals surface area contributed by atoms with Crippen LogP contribution in [0.4, 0.5) is 13.2 Å². The van der Waals surface area contributed by atoms with E-state index < -0.39 is 23.5 Å². The minimum Gasteiger partial charge on any atom is -0.385 e. The third kappa shape index (κ3) is 4.47. The summed E-state index contributed by atoms with van der Waals surface area (Å²) in [4.78, 5) is 3.38. The highest BCUT2D eigenvalue weighted by atomic mass is 19.4. The molecule has 0 saturated carbocycles. The van der Waals surface area contributed by atoms with Crippen molar-refractivity contribution in [3.63, 3.8) is 0 Å². The monoisotopic (exact) mass is 287 g/mol. The van der Waals surface area contributed by atoms with E-state index in [2.05, 4.69) is 10.3 Å². The van der Waals surface area contributed by atoms with Crippen molar-refractivity contribution in [2.45, 2.75) is 38.6 Å². The van der Waals surface area contributed by atoms with Crippen LogP contribution < -0.4 is 5.32 Å². The number of hydrogen-bond acceptors (Lipinski definition) is 4. The maximum Gasteiger partial charge on any atom is 0.434 e.